The molecule has 1 saturated heterocycles. The first-order valence-corrected chi connectivity index (χ1v) is 10.4. The van der Waals surface area contributed by atoms with Gasteiger partial charge in [0, 0.05) is 23.9 Å². The standard InChI is InChI=1S/C25H22F2N2O4/c26-19-10-18(11-20(27)12-19)25(32)28-21-8-6-17(7-9-21)24-22(14-30)29(23(31)15-33-24)13-16-4-2-1-3-5-16/h1-12,22,24,30H,13-15H2,(H,28,32). The highest BCUT2D eigenvalue weighted by atomic mass is 19.1. The number of morpholine rings is 1. The Morgan fingerprint density at radius 2 is 1.70 bits per heavy atom. The molecule has 3 aromatic rings. The molecule has 33 heavy (non-hydrogen) atoms. The van der Waals surface area contributed by atoms with E-state index in [2.05, 4.69) is 5.32 Å². The van der Waals surface area contributed by atoms with Gasteiger partial charge in [0.1, 0.15) is 24.3 Å². The zero-order valence-corrected chi connectivity index (χ0v) is 17.6. The molecule has 2 atom stereocenters. The summed E-state index contributed by atoms with van der Waals surface area (Å²) in [4.78, 5) is 26.4. The van der Waals surface area contributed by atoms with Gasteiger partial charge >= 0.3 is 0 Å². The maximum absolute atomic E-state index is 13.4. The fraction of sp³-hybridized carbons (Fsp3) is 0.200. The van der Waals surface area contributed by atoms with E-state index >= 15 is 0 Å². The van der Waals surface area contributed by atoms with Gasteiger partial charge in [-0.05, 0) is 35.4 Å². The molecule has 0 aliphatic carbocycles. The van der Waals surface area contributed by atoms with Crippen molar-refractivity contribution < 1.29 is 28.2 Å². The molecule has 1 aliphatic heterocycles. The van der Waals surface area contributed by atoms with E-state index in [9.17, 15) is 23.5 Å². The van der Waals surface area contributed by atoms with Crippen molar-refractivity contribution in [1.82, 2.24) is 4.90 Å². The number of benzene rings is 3. The summed E-state index contributed by atoms with van der Waals surface area (Å²) in [7, 11) is 0. The second kappa shape index (κ2) is 9.89. The summed E-state index contributed by atoms with van der Waals surface area (Å²) < 4.78 is 32.5. The van der Waals surface area contributed by atoms with E-state index in [0.29, 0.717) is 18.3 Å². The number of aliphatic hydroxyl groups is 1. The van der Waals surface area contributed by atoms with Crippen LogP contribution in [0.5, 0.6) is 0 Å². The monoisotopic (exact) mass is 452 g/mol. The topological polar surface area (TPSA) is 78.9 Å². The number of ether oxygens (including phenoxy) is 1. The van der Waals surface area contributed by atoms with Gasteiger partial charge in [-0.1, -0.05) is 42.5 Å². The van der Waals surface area contributed by atoms with Gasteiger partial charge in [0.05, 0.1) is 12.6 Å². The number of carbonyl (C=O) groups is 2. The van der Waals surface area contributed by atoms with Crippen LogP contribution in [-0.2, 0) is 16.1 Å². The van der Waals surface area contributed by atoms with Crippen LogP contribution in [0, 0.1) is 11.6 Å². The van der Waals surface area contributed by atoms with Gasteiger partial charge in [-0.25, -0.2) is 8.78 Å². The van der Waals surface area contributed by atoms with Crippen LogP contribution in [-0.4, -0.2) is 41.1 Å². The number of aliphatic hydroxyl groups excluding tert-OH is 1. The molecule has 0 radical (unpaired) electrons. The molecule has 2 unspecified atom stereocenters. The number of nitrogens with one attached hydrogen (secondary N) is 1. The Balaban J connectivity index is 1.49. The van der Waals surface area contributed by atoms with Crippen molar-refractivity contribution >= 4 is 17.5 Å². The number of anilines is 1. The largest absolute Gasteiger partial charge is 0.394 e. The summed E-state index contributed by atoms with van der Waals surface area (Å²) in [5.41, 5.74) is 1.94. The Labute approximate surface area is 189 Å². The van der Waals surface area contributed by atoms with Gasteiger partial charge in [-0.3, -0.25) is 9.59 Å². The van der Waals surface area contributed by atoms with Gasteiger partial charge in [-0.15, -0.1) is 0 Å². The van der Waals surface area contributed by atoms with Crippen molar-refractivity contribution in [2.75, 3.05) is 18.5 Å². The molecular weight excluding hydrogens is 430 g/mol. The van der Waals surface area contributed by atoms with E-state index in [4.69, 9.17) is 4.74 Å². The molecule has 1 fully saturated rings. The van der Waals surface area contributed by atoms with E-state index in [1.165, 1.54) is 0 Å². The molecule has 6 nitrogen and oxygen atoms in total. The molecule has 2 amide bonds. The number of hydrogen-bond acceptors (Lipinski definition) is 4. The second-order valence-electron chi connectivity index (χ2n) is 7.72. The van der Waals surface area contributed by atoms with Gasteiger partial charge in [0.15, 0.2) is 0 Å². The Hall–Kier alpha value is -3.62. The molecule has 8 heteroatoms. The summed E-state index contributed by atoms with van der Waals surface area (Å²) in [6.45, 7) is -0.0480. The van der Waals surface area contributed by atoms with Gasteiger partial charge in [0.25, 0.3) is 5.91 Å². The second-order valence-corrected chi connectivity index (χ2v) is 7.72. The van der Waals surface area contributed by atoms with Crippen molar-refractivity contribution in [3.8, 4) is 0 Å². The Morgan fingerprint density at radius 3 is 2.33 bits per heavy atom. The van der Waals surface area contributed by atoms with Gasteiger partial charge < -0.3 is 20.1 Å². The number of nitrogens with zero attached hydrogens (tertiary/aromatic N) is 1. The SMILES string of the molecule is O=C(Nc1ccc(C2OCC(=O)N(Cc3ccccc3)C2CO)cc1)c1cc(F)cc(F)c1. The molecule has 0 bridgehead atoms. The van der Waals surface area contributed by atoms with Crippen molar-refractivity contribution in [3.63, 3.8) is 0 Å². The number of halogens is 2. The van der Waals surface area contributed by atoms with E-state index in [-0.39, 0.29) is 24.7 Å². The summed E-state index contributed by atoms with van der Waals surface area (Å²) in [5.74, 6) is -2.53. The van der Waals surface area contributed by atoms with Crippen molar-refractivity contribution in [3.05, 3.63) is 101 Å². The van der Waals surface area contributed by atoms with Crippen LogP contribution in [0.2, 0.25) is 0 Å². The Kier molecular flexibility index (Phi) is 6.76. The average Bonchev–Trinajstić information content (AvgIpc) is 2.81. The van der Waals surface area contributed by atoms with Crippen LogP contribution < -0.4 is 5.32 Å². The first-order valence-electron chi connectivity index (χ1n) is 10.4. The van der Waals surface area contributed by atoms with Crippen LogP contribution in [0.4, 0.5) is 14.5 Å². The molecule has 1 heterocycles. The lowest BCUT2D eigenvalue weighted by Gasteiger charge is -2.40. The molecule has 0 aromatic heterocycles. The number of carbonyl (C=O) groups excluding carboxylic acids is 2. The summed E-state index contributed by atoms with van der Waals surface area (Å²) in [6.07, 6.45) is -0.557. The minimum absolute atomic E-state index is 0.113. The van der Waals surface area contributed by atoms with Gasteiger partial charge in [0.2, 0.25) is 5.91 Å². The first kappa shape index (κ1) is 22.6. The predicted octanol–water partition coefficient (Wildman–Crippen LogP) is 3.68. The number of hydrogen-bond donors (Lipinski definition) is 2. The summed E-state index contributed by atoms with van der Waals surface area (Å²) in [6, 6.07) is 18.2. The third-order valence-electron chi connectivity index (χ3n) is 5.46. The quantitative estimate of drug-likeness (QED) is 0.598. The Morgan fingerprint density at radius 1 is 1.03 bits per heavy atom. The molecule has 0 saturated carbocycles. The predicted molar refractivity (Wildman–Crippen MR) is 117 cm³/mol. The lowest BCUT2D eigenvalue weighted by atomic mass is 9.98. The zero-order chi connectivity index (χ0) is 23.4. The number of amides is 2. The minimum atomic E-state index is -0.838. The smallest absolute Gasteiger partial charge is 0.255 e. The molecule has 4 rings (SSSR count). The van der Waals surface area contributed by atoms with Crippen LogP contribution in [0.1, 0.15) is 27.6 Å². The van der Waals surface area contributed by atoms with Crippen LogP contribution in [0.15, 0.2) is 72.8 Å². The first-order chi connectivity index (χ1) is 15.9. The van der Waals surface area contributed by atoms with Crippen molar-refractivity contribution in [2.45, 2.75) is 18.7 Å². The van der Waals surface area contributed by atoms with E-state index in [1.807, 2.05) is 30.3 Å². The van der Waals surface area contributed by atoms with Crippen molar-refractivity contribution in [2.24, 2.45) is 0 Å². The van der Waals surface area contributed by atoms with Crippen molar-refractivity contribution in [1.29, 1.82) is 0 Å². The molecule has 2 N–H and O–H groups in total. The maximum Gasteiger partial charge on any atom is 0.255 e. The third-order valence-corrected chi connectivity index (χ3v) is 5.46. The lowest BCUT2D eigenvalue weighted by molar-refractivity contribution is -0.162. The molecule has 0 spiro atoms. The highest BCUT2D eigenvalue weighted by Crippen LogP contribution is 2.31. The Bertz CT molecular complexity index is 1120. The van der Waals surface area contributed by atoms with Crippen LogP contribution in [0.3, 0.4) is 0 Å². The average molecular weight is 452 g/mol. The zero-order valence-electron chi connectivity index (χ0n) is 17.6. The van der Waals surface area contributed by atoms with E-state index in [1.54, 1.807) is 29.2 Å². The minimum Gasteiger partial charge on any atom is -0.394 e. The van der Waals surface area contributed by atoms with Crippen LogP contribution >= 0.6 is 0 Å². The number of rotatable bonds is 6. The molecule has 1 aliphatic rings. The third kappa shape index (κ3) is 5.24. The summed E-state index contributed by atoms with van der Waals surface area (Å²) >= 11 is 0. The lowest BCUT2D eigenvalue weighted by Crippen LogP contribution is -2.52. The van der Waals surface area contributed by atoms with Crippen LogP contribution in [0.25, 0.3) is 0 Å². The van der Waals surface area contributed by atoms with E-state index < -0.39 is 29.7 Å². The van der Waals surface area contributed by atoms with Gasteiger partial charge in [-0.2, -0.15) is 0 Å². The highest BCUT2D eigenvalue weighted by Gasteiger charge is 2.37. The molecule has 170 valence electrons. The molecule has 3 aromatic carbocycles. The fourth-order valence-electron chi connectivity index (χ4n) is 3.85. The fourth-order valence-corrected chi connectivity index (χ4v) is 3.85. The highest BCUT2D eigenvalue weighted by molar-refractivity contribution is 6.04. The van der Waals surface area contributed by atoms with E-state index in [0.717, 1.165) is 23.3 Å². The molecular formula is C25H22F2N2O4. The summed E-state index contributed by atoms with van der Waals surface area (Å²) in [5, 5.41) is 12.6. The maximum atomic E-state index is 13.4. The normalized spacial score (nSPS) is 18.3.